The topological polar surface area (TPSA) is 280 Å². The number of carbonyl (C=O) groups excluding carboxylic acids is 6. The fourth-order valence-corrected chi connectivity index (χ4v) is 9.23. The highest BCUT2D eigenvalue weighted by molar-refractivity contribution is 5.93. The minimum absolute atomic E-state index is 0.111. The second-order valence-corrected chi connectivity index (χ2v) is 17.3. The molecule has 5 rings (SSSR count). The van der Waals surface area contributed by atoms with Crippen molar-refractivity contribution in [3.63, 3.8) is 0 Å². The maximum absolute atomic E-state index is 14.9. The number of nitrogens with two attached hydrogens (primary N) is 1. The Morgan fingerprint density at radius 2 is 1.69 bits per heavy atom. The highest BCUT2D eigenvalue weighted by Crippen LogP contribution is 2.64. The molecule has 4 aliphatic rings. The number of nitrogens with one attached hydrogen (secondary N) is 2. The van der Waals surface area contributed by atoms with E-state index in [4.69, 9.17) is 29.4 Å². The predicted molar refractivity (Wildman–Crippen MR) is 200 cm³/mol. The van der Waals surface area contributed by atoms with Crippen molar-refractivity contribution in [1.29, 1.82) is 0 Å². The van der Waals surface area contributed by atoms with Crippen LogP contribution in [0.15, 0.2) is 41.5 Å². The highest BCUT2D eigenvalue weighted by atomic mass is 16.6. The Morgan fingerprint density at radius 3 is 2.24 bits per heavy atom. The molecule has 0 spiro atoms. The van der Waals surface area contributed by atoms with Crippen LogP contribution in [0.5, 0.6) is 0 Å². The van der Waals surface area contributed by atoms with E-state index in [1.165, 1.54) is 27.7 Å². The van der Waals surface area contributed by atoms with Crippen LogP contribution in [-0.2, 0) is 47.7 Å². The molecule has 3 fully saturated rings. The van der Waals surface area contributed by atoms with Gasteiger partial charge in [0, 0.05) is 25.2 Å². The zero-order valence-corrected chi connectivity index (χ0v) is 33.9. The second kappa shape index (κ2) is 16.0. The van der Waals surface area contributed by atoms with Crippen LogP contribution in [0, 0.1) is 16.7 Å². The molecule has 0 aromatic heterocycles. The van der Waals surface area contributed by atoms with Crippen LogP contribution < -0.4 is 16.4 Å². The number of ether oxygens (including phenoxy) is 5. The first-order valence-corrected chi connectivity index (χ1v) is 19.1. The largest absolute Gasteiger partial charge is 0.457 e. The molecule has 2 saturated carbocycles. The van der Waals surface area contributed by atoms with Crippen LogP contribution in [0.2, 0.25) is 0 Å². The molecule has 320 valence electrons. The van der Waals surface area contributed by atoms with Gasteiger partial charge in [-0.1, -0.05) is 44.2 Å². The van der Waals surface area contributed by atoms with Crippen molar-refractivity contribution in [2.75, 3.05) is 19.7 Å². The van der Waals surface area contributed by atoms with Gasteiger partial charge in [0.05, 0.1) is 36.6 Å². The standard InChI is InChI=1S/C40H55N3O15/c1-19-22(55-34(51)30(49)28(21-12-10-9-11-13-21)43-35(52)58-36(3,4)5)15-40(53)33(56-26(47)17-42-25(46)16-41)31-38(8,32(50)29(48)27(19)37(40,6)7)23(45)14-24-39(31,18-54-24)57-20(2)44/h9-13,22-24,28-31,33,45,48-49,53H,14-18,41H2,1-8H3,(H,42,46)(H,43,52)/t22-,23-,24?,28-,29+,30+,31?,33-,38+,39-,40+/m0/s1. The highest BCUT2D eigenvalue weighted by Gasteiger charge is 2.78. The lowest BCUT2D eigenvalue weighted by Gasteiger charge is -2.67. The number of amides is 2. The molecule has 2 bridgehead atoms. The van der Waals surface area contributed by atoms with Gasteiger partial charge in [-0.15, -0.1) is 0 Å². The SMILES string of the molecule is CC(=O)O[C@@]12COC1C[C@H](O)[C@@]1(C)C(=O)[C@H](O)C3=C(C)[C@@H](OC(=O)[C@H](O)[C@@H](NC(=O)OC(C)(C)C)c4ccccc4)C[C@@](O)([C@@H](OC(=O)CNC(=O)CN)C21)C3(C)C. The van der Waals surface area contributed by atoms with E-state index in [0.29, 0.717) is 5.56 Å². The number of aliphatic hydroxyl groups excluding tert-OH is 3. The Kier molecular flexibility index (Phi) is 12.3. The normalized spacial score (nSPS) is 33.6. The summed E-state index contributed by atoms with van der Waals surface area (Å²) < 4.78 is 29.0. The molecule has 0 radical (unpaired) electrons. The van der Waals surface area contributed by atoms with Crippen LogP contribution >= 0.6 is 0 Å². The second-order valence-electron chi connectivity index (χ2n) is 17.3. The zero-order valence-electron chi connectivity index (χ0n) is 33.9. The molecule has 2 amide bonds. The van der Waals surface area contributed by atoms with Gasteiger partial charge in [-0.3, -0.25) is 19.2 Å². The zero-order chi connectivity index (χ0) is 43.3. The van der Waals surface area contributed by atoms with Crippen LogP contribution in [0.4, 0.5) is 4.79 Å². The van der Waals surface area contributed by atoms with E-state index in [1.54, 1.807) is 51.1 Å². The maximum atomic E-state index is 14.9. The summed E-state index contributed by atoms with van der Waals surface area (Å²) >= 11 is 0. The van der Waals surface area contributed by atoms with E-state index in [2.05, 4.69) is 10.6 Å². The average molecular weight is 818 g/mol. The number of rotatable bonds is 10. The van der Waals surface area contributed by atoms with Gasteiger partial charge in [-0.2, -0.15) is 0 Å². The monoisotopic (exact) mass is 817 g/mol. The summed E-state index contributed by atoms with van der Waals surface area (Å²) in [7, 11) is 0. The minimum Gasteiger partial charge on any atom is -0.457 e. The van der Waals surface area contributed by atoms with E-state index in [0.717, 1.165) is 6.92 Å². The molecule has 8 N–H and O–H groups in total. The Balaban J connectivity index is 1.64. The molecule has 1 aromatic carbocycles. The summed E-state index contributed by atoms with van der Waals surface area (Å²) in [4.78, 5) is 80.3. The van der Waals surface area contributed by atoms with E-state index < -0.39 is 131 Å². The van der Waals surface area contributed by atoms with E-state index in [1.807, 2.05) is 0 Å². The van der Waals surface area contributed by atoms with Gasteiger partial charge in [0.1, 0.15) is 42.2 Å². The molecule has 1 saturated heterocycles. The number of carbonyl (C=O) groups is 6. The summed E-state index contributed by atoms with van der Waals surface area (Å²) in [5.74, 6) is -6.50. The van der Waals surface area contributed by atoms with Crippen molar-refractivity contribution in [1.82, 2.24) is 10.6 Å². The summed E-state index contributed by atoms with van der Waals surface area (Å²) in [5, 5.41) is 53.5. The molecule has 11 atom stereocenters. The molecule has 1 aliphatic heterocycles. The first kappa shape index (κ1) is 44.6. The number of hydrogen-bond donors (Lipinski definition) is 7. The average Bonchev–Trinajstić information content (AvgIpc) is 3.13. The number of benzene rings is 1. The van der Waals surface area contributed by atoms with Gasteiger partial charge in [0.25, 0.3) is 0 Å². The van der Waals surface area contributed by atoms with E-state index in [-0.39, 0.29) is 24.2 Å². The first-order chi connectivity index (χ1) is 26.8. The van der Waals surface area contributed by atoms with Crippen molar-refractivity contribution in [2.24, 2.45) is 22.5 Å². The molecule has 2 unspecified atom stereocenters. The Hall–Kier alpha value is -4.46. The molecule has 3 aliphatic carbocycles. The van der Waals surface area contributed by atoms with E-state index >= 15 is 0 Å². The van der Waals surface area contributed by atoms with E-state index in [9.17, 15) is 49.2 Å². The number of aliphatic hydroxyl groups is 4. The maximum Gasteiger partial charge on any atom is 0.408 e. The molecule has 1 heterocycles. The smallest absolute Gasteiger partial charge is 0.408 e. The predicted octanol–water partition coefficient (Wildman–Crippen LogP) is 0.0207. The van der Waals surface area contributed by atoms with Crippen molar-refractivity contribution in [2.45, 2.75) is 128 Å². The fourth-order valence-electron chi connectivity index (χ4n) is 9.23. The van der Waals surface area contributed by atoms with Crippen molar-refractivity contribution in [3.8, 4) is 0 Å². The fraction of sp³-hybridized carbons (Fsp3) is 0.650. The molecule has 18 heteroatoms. The number of Topliss-reactive ketones (excluding diaryl/α,β-unsaturated/α-hetero) is 1. The van der Waals surface area contributed by atoms with Gasteiger partial charge < -0.3 is 60.5 Å². The molecule has 58 heavy (non-hydrogen) atoms. The van der Waals surface area contributed by atoms with Crippen LogP contribution in [-0.4, -0.2) is 129 Å². The number of alkyl carbamates (subject to hydrolysis) is 1. The number of fused-ring (bicyclic) bond motifs is 5. The lowest BCUT2D eigenvalue weighted by atomic mass is 9.44. The lowest BCUT2D eigenvalue weighted by molar-refractivity contribution is -0.347. The Morgan fingerprint density at radius 1 is 1.05 bits per heavy atom. The van der Waals surface area contributed by atoms with Gasteiger partial charge in [-0.25, -0.2) is 9.59 Å². The van der Waals surface area contributed by atoms with Crippen LogP contribution in [0.1, 0.15) is 79.8 Å². The molecule has 1 aromatic rings. The first-order valence-electron chi connectivity index (χ1n) is 19.1. The molecular weight excluding hydrogens is 762 g/mol. The van der Waals surface area contributed by atoms with Gasteiger partial charge in [-0.05, 0) is 51.3 Å². The Bertz CT molecular complexity index is 1840. The molecule has 18 nitrogen and oxygen atoms in total. The van der Waals surface area contributed by atoms with Gasteiger partial charge in [0.2, 0.25) is 5.91 Å². The number of ketones is 1. The number of esters is 3. The van der Waals surface area contributed by atoms with Crippen molar-refractivity contribution in [3.05, 3.63) is 47.0 Å². The van der Waals surface area contributed by atoms with Crippen molar-refractivity contribution < 1.29 is 72.9 Å². The summed E-state index contributed by atoms with van der Waals surface area (Å²) in [6.07, 6.45) is -12.0. The Labute approximate surface area is 335 Å². The third-order valence-corrected chi connectivity index (χ3v) is 12.2. The summed E-state index contributed by atoms with van der Waals surface area (Å²) in [5.41, 5.74) is -3.25. The molecular formula is C40H55N3O15. The van der Waals surface area contributed by atoms with Crippen LogP contribution in [0.3, 0.4) is 0 Å². The summed E-state index contributed by atoms with van der Waals surface area (Å²) in [6.45, 7) is 10.2. The quantitative estimate of drug-likeness (QED) is 0.0931. The summed E-state index contributed by atoms with van der Waals surface area (Å²) in [6, 6.07) is 6.63. The van der Waals surface area contributed by atoms with Gasteiger partial charge >= 0.3 is 24.0 Å². The van der Waals surface area contributed by atoms with Gasteiger partial charge in [0.15, 0.2) is 17.5 Å². The lowest BCUT2D eigenvalue weighted by Crippen LogP contribution is -2.81. The van der Waals surface area contributed by atoms with Crippen molar-refractivity contribution >= 4 is 35.7 Å². The minimum atomic E-state index is -2.43. The third-order valence-electron chi connectivity index (χ3n) is 12.2. The van der Waals surface area contributed by atoms with Crippen LogP contribution in [0.25, 0.3) is 0 Å². The number of hydrogen-bond acceptors (Lipinski definition) is 16. The third kappa shape index (κ3) is 7.73.